The van der Waals surface area contributed by atoms with Crippen LogP contribution in [0.4, 0.5) is 5.69 Å². The van der Waals surface area contributed by atoms with Crippen LogP contribution < -0.4 is 30.9 Å². The van der Waals surface area contributed by atoms with Gasteiger partial charge in [-0.1, -0.05) is 30.0 Å². The van der Waals surface area contributed by atoms with Crippen molar-refractivity contribution in [2.24, 2.45) is 5.10 Å². The van der Waals surface area contributed by atoms with Crippen LogP contribution in [0.3, 0.4) is 0 Å². The smallest absolute Gasteiger partial charge is 0.216 e. The fourth-order valence-corrected chi connectivity index (χ4v) is 4.04. The number of para-hydroxylation sites is 1. The van der Waals surface area contributed by atoms with Gasteiger partial charge < -0.3 is 19.4 Å². The van der Waals surface area contributed by atoms with E-state index in [4.69, 9.17) is 9.47 Å². The number of aromatic nitrogens is 1. The number of fused-ring (bicyclic) bond motifs is 2. The topological polar surface area (TPSA) is 50.2 Å². The van der Waals surface area contributed by atoms with E-state index in [1.165, 1.54) is 0 Å². The molecule has 0 N–H and O–H groups in total. The average Bonchev–Trinajstić information content (AvgIpc) is 3.29. The van der Waals surface area contributed by atoms with Crippen LogP contribution in [-0.4, -0.2) is 30.0 Å². The zero-order valence-electron chi connectivity index (χ0n) is 18.2. The first-order chi connectivity index (χ1) is 16.2. The Labute approximate surface area is 213 Å². The third kappa shape index (κ3) is 4.19. The van der Waals surface area contributed by atoms with Gasteiger partial charge in [0.05, 0.1) is 6.34 Å². The molecule has 1 aromatic heterocycles. The van der Waals surface area contributed by atoms with Crippen molar-refractivity contribution in [3.8, 4) is 23.1 Å². The standard InChI is InChI=1S/C26H18BN4O2.Pt/c1-30-17-29-31(18-30)20-12-13-25-23(16-20)27(22-9-2-3-10-24(22)33-25)19-7-6-8-21(15-19)32-26-11-4-5-14-28-26;/h2-14,17-18H,1H3;/q-3;. The predicted molar refractivity (Wildman–Crippen MR) is 129 cm³/mol. The molecule has 6 rings (SSSR count). The Balaban J connectivity index is 0.00000241. The molecule has 0 radical (unpaired) electrons. The molecule has 0 fully saturated rings. The number of rotatable bonds is 4. The van der Waals surface area contributed by atoms with E-state index in [-0.39, 0.29) is 27.8 Å². The largest absolute Gasteiger partial charge is 0.518 e. The van der Waals surface area contributed by atoms with Gasteiger partial charge in [-0.15, -0.1) is 36.4 Å². The van der Waals surface area contributed by atoms with E-state index in [1.54, 1.807) is 17.5 Å². The monoisotopic (exact) mass is 624 g/mol. The molecular weight excluding hydrogens is 606 g/mol. The molecule has 0 saturated carbocycles. The molecule has 3 heterocycles. The van der Waals surface area contributed by atoms with Gasteiger partial charge in [-0.3, -0.25) is 0 Å². The number of benzene rings is 3. The van der Waals surface area contributed by atoms with Crippen molar-refractivity contribution >= 4 is 35.1 Å². The molecule has 2 aliphatic rings. The SMILES string of the molecule is CN1C=NN(c2[c-]c3c(cc2)Oc2ccccc2B3c2[c-]c(Oc3ccccn3)ccc2)[CH-]1.[Pt]. The van der Waals surface area contributed by atoms with Crippen LogP contribution in [0.5, 0.6) is 23.1 Å². The summed E-state index contributed by atoms with van der Waals surface area (Å²) in [4.78, 5) is 6.15. The van der Waals surface area contributed by atoms with Crippen LogP contribution in [0.15, 0.2) is 84.1 Å². The maximum Gasteiger partial charge on any atom is 0.216 e. The molecule has 34 heavy (non-hydrogen) atoms. The number of hydrazone groups is 1. The minimum absolute atomic E-state index is 0. The second-order valence-corrected chi connectivity index (χ2v) is 7.79. The van der Waals surface area contributed by atoms with E-state index >= 15 is 0 Å². The Bertz CT molecular complexity index is 1350. The molecule has 0 aliphatic carbocycles. The summed E-state index contributed by atoms with van der Waals surface area (Å²) in [5, 5.41) is 6.20. The van der Waals surface area contributed by atoms with Crippen LogP contribution in [0, 0.1) is 18.8 Å². The van der Waals surface area contributed by atoms with Crippen LogP contribution in [-0.2, 0) is 21.1 Å². The van der Waals surface area contributed by atoms with Gasteiger partial charge in [0.25, 0.3) is 0 Å². The number of hydrogen-bond donors (Lipinski definition) is 0. The minimum atomic E-state index is -0.124. The molecular formula is C26H18BN4O2Pt-3. The number of ether oxygens (including phenoxy) is 2. The fourth-order valence-electron chi connectivity index (χ4n) is 4.04. The maximum atomic E-state index is 6.23. The summed E-state index contributed by atoms with van der Waals surface area (Å²) in [6, 6.07) is 30.5. The first-order valence-corrected chi connectivity index (χ1v) is 10.6. The molecule has 170 valence electrons. The third-order valence-electron chi connectivity index (χ3n) is 5.51. The van der Waals surface area contributed by atoms with E-state index in [9.17, 15) is 0 Å². The van der Waals surface area contributed by atoms with Crippen molar-refractivity contribution in [3.05, 3.63) is 97.8 Å². The Morgan fingerprint density at radius 2 is 1.82 bits per heavy atom. The van der Waals surface area contributed by atoms with Gasteiger partial charge in [-0.25, -0.2) is 4.98 Å². The number of nitrogens with zero attached hydrogens (tertiary/aromatic N) is 4. The molecule has 0 saturated heterocycles. The molecule has 6 nitrogen and oxygen atoms in total. The van der Waals surface area contributed by atoms with Gasteiger partial charge in [-0.05, 0) is 24.6 Å². The Hall–Kier alpha value is -3.57. The molecule has 8 heteroatoms. The molecule has 2 aliphatic heterocycles. The van der Waals surface area contributed by atoms with Gasteiger partial charge in [0.15, 0.2) is 6.71 Å². The van der Waals surface area contributed by atoms with Crippen molar-refractivity contribution in [1.82, 2.24) is 9.88 Å². The van der Waals surface area contributed by atoms with Crippen molar-refractivity contribution in [3.63, 3.8) is 0 Å². The minimum Gasteiger partial charge on any atom is -0.518 e. The second-order valence-electron chi connectivity index (χ2n) is 7.79. The molecule has 3 aromatic carbocycles. The zero-order chi connectivity index (χ0) is 22.2. The normalized spacial score (nSPS) is 13.6. The molecule has 0 amide bonds. The molecule has 0 atom stereocenters. The number of anilines is 1. The van der Waals surface area contributed by atoms with E-state index < -0.39 is 0 Å². The average molecular weight is 624 g/mol. The fraction of sp³-hybridized carbons (Fsp3) is 0.0385. The van der Waals surface area contributed by atoms with Gasteiger partial charge in [0.2, 0.25) is 5.88 Å². The third-order valence-corrected chi connectivity index (χ3v) is 5.51. The summed E-state index contributed by atoms with van der Waals surface area (Å²) in [6.07, 6.45) is 3.46. The first kappa shape index (κ1) is 22.2. The Kier molecular flexibility index (Phi) is 6.12. The van der Waals surface area contributed by atoms with Gasteiger partial charge in [-0.2, -0.15) is 28.8 Å². The summed E-state index contributed by atoms with van der Waals surface area (Å²) in [7, 11) is 1.94. The van der Waals surface area contributed by atoms with Gasteiger partial charge >= 0.3 is 0 Å². The summed E-state index contributed by atoms with van der Waals surface area (Å²) >= 11 is 0. The first-order valence-electron chi connectivity index (χ1n) is 10.6. The van der Waals surface area contributed by atoms with Crippen LogP contribution in [0.25, 0.3) is 0 Å². The number of pyridine rings is 1. The quantitative estimate of drug-likeness (QED) is 0.228. The van der Waals surface area contributed by atoms with Crippen molar-refractivity contribution < 1.29 is 30.5 Å². The van der Waals surface area contributed by atoms with Crippen LogP contribution >= 0.6 is 0 Å². The summed E-state index contributed by atoms with van der Waals surface area (Å²) in [5.41, 5.74) is 3.77. The van der Waals surface area contributed by atoms with E-state index in [1.807, 2.05) is 79.3 Å². The molecule has 0 bridgehead atoms. The van der Waals surface area contributed by atoms with Gasteiger partial charge in [0, 0.05) is 44.8 Å². The maximum absolute atomic E-state index is 6.23. The number of hydrogen-bond acceptors (Lipinski definition) is 6. The zero-order valence-corrected chi connectivity index (χ0v) is 20.4. The van der Waals surface area contributed by atoms with Crippen LogP contribution in [0.1, 0.15) is 0 Å². The predicted octanol–water partition coefficient (Wildman–Crippen LogP) is 2.91. The van der Waals surface area contributed by atoms with Gasteiger partial charge in [0.1, 0.15) is 5.75 Å². The molecule has 0 spiro atoms. The van der Waals surface area contributed by atoms with E-state index in [2.05, 4.69) is 34.4 Å². The summed E-state index contributed by atoms with van der Waals surface area (Å²) in [5.74, 6) is 2.72. The Morgan fingerprint density at radius 3 is 2.65 bits per heavy atom. The van der Waals surface area contributed by atoms with E-state index in [0.29, 0.717) is 11.6 Å². The van der Waals surface area contributed by atoms with Crippen molar-refractivity contribution in [2.75, 3.05) is 12.1 Å². The Morgan fingerprint density at radius 1 is 0.941 bits per heavy atom. The van der Waals surface area contributed by atoms with E-state index in [0.717, 1.165) is 33.6 Å². The van der Waals surface area contributed by atoms with Crippen molar-refractivity contribution in [2.45, 2.75) is 0 Å². The van der Waals surface area contributed by atoms with Crippen LogP contribution in [0.2, 0.25) is 0 Å². The molecule has 4 aromatic rings. The van der Waals surface area contributed by atoms with Crippen molar-refractivity contribution in [1.29, 1.82) is 0 Å². The molecule has 0 unspecified atom stereocenters. The summed E-state index contributed by atoms with van der Waals surface area (Å²) in [6.45, 7) is 1.78. The summed E-state index contributed by atoms with van der Waals surface area (Å²) < 4.78 is 12.2. The second kappa shape index (κ2) is 9.36.